The number of hydrogen-bond donors (Lipinski definition) is 0. The zero-order valence-corrected chi connectivity index (χ0v) is 15.2. The van der Waals surface area contributed by atoms with Crippen molar-refractivity contribution in [2.75, 3.05) is 7.11 Å². The van der Waals surface area contributed by atoms with Crippen molar-refractivity contribution in [3.8, 4) is 5.75 Å². The molecule has 5 atom stereocenters. The third-order valence-electron chi connectivity index (χ3n) is 8.60. The van der Waals surface area contributed by atoms with Gasteiger partial charge in [-0.25, -0.2) is 0 Å². The molecular weight excluding hydrogens is 296 g/mol. The summed E-state index contributed by atoms with van der Waals surface area (Å²) in [5.41, 5.74) is 3.24. The maximum Gasteiger partial charge on any atom is 0.145 e. The molecule has 0 amide bonds. The first-order valence-corrected chi connectivity index (χ1v) is 9.65. The number of benzene rings is 1. The van der Waals surface area contributed by atoms with Gasteiger partial charge in [-0.05, 0) is 85.5 Å². The highest BCUT2D eigenvalue weighted by Gasteiger charge is 2.73. The monoisotopic (exact) mass is 324 g/mol. The van der Waals surface area contributed by atoms with E-state index < -0.39 is 0 Å². The smallest absolute Gasteiger partial charge is 0.145 e. The van der Waals surface area contributed by atoms with Crippen LogP contribution in [0.5, 0.6) is 5.75 Å². The molecule has 24 heavy (non-hydrogen) atoms. The van der Waals surface area contributed by atoms with E-state index in [0.717, 1.165) is 31.4 Å². The van der Waals surface area contributed by atoms with Crippen LogP contribution in [0.2, 0.25) is 0 Å². The topological polar surface area (TPSA) is 26.3 Å². The Morgan fingerprint density at radius 2 is 1.96 bits per heavy atom. The molecule has 2 bridgehead atoms. The molecule has 3 saturated carbocycles. The van der Waals surface area contributed by atoms with Gasteiger partial charge in [0.2, 0.25) is 0 Å². The van der Waals surface area contributed by atoms with E-state index in [-0.39, 0.29) is 16.2 Å². The highest BCUT2D eigenvalue weighted by Crippen LogP contribution is 2.76. The maximum absolute atomic E-state index is 13.2. The van der Waals surface area contributed by atoms with E-state index in [1.807, 2.05) is 0 Å². The molecule has 5 rings (SSSR count). The van der Waals surface area contributed by atoms with Gasteiger partial charge in [-0.2, -0.15) is 0 Å². The highest BCUT2D eigenvalue weighted by molar-refractivity contribution is 5.94. The third kappa shape index (κ3) is 1.52. The molecule has 0 unspecified atom stereocenters. The zero-order chi connectivity index (χ0) is 16.7. The van der Waals surface area contributed by atoms with Crippen molar-refractivity contribution in [2.45, 2.75) is 64.7 Å². The summed E-state index contributed by atoms with van der Waals surface area (Å²) in [4.78, 5) is 13.2. The van der Waals surface area contributed by atoms with Crippen LogP contribution in [0.1, 0.15) is 69.4 Å². The predicted molar refractivity (Wildman–Crippen MR) is 94.3 cm³/mol. The second-order valence-electron chi connectivity index (χ2n) is 9.41. The average Bonchev–Trinajstić information content (AvgIpc) is 3.04. The van der Waals surface area contributed by atoms with Crippen LogP contribution in [0.15, 0.2) is 18.2 Å². The van der Waals surface area contributed by atoms with Crippen LogP contribution in [0.4, 0.5) is 0 Å². The van der Waals surface area contributed by atoms with Gasteiger partial charge in [0.25, 0.3) is 0 Å². The number of ether oxygens (including phenoxy) is 1. The number of ketones is 1. The number of fused-ring (bicyclic) bond motifs is 4. The normalized spacial score (nSPS) is 45.5. The second-order valence-corrected chi connectivity index (χ2v) is 9.41. The maximum atomic E-state index is 13.2. The van der Waals surface area contributed by atoms with Crippen LogP contribution in [0.25, 0.3) is 0 Å². The lowest BCUT2D eigenvalue weighted by Gasteiger charge is -2.57. The molecule has 0 radical (unpaired) electrons. The largest absolute Gasteiger partial charge is 0.497 e. The minimum absolute atomic E-state index is 0.0240. The highest BCUT2D eigenvalue weighted by atomic mass is 16.5. The molecule has 3 fully saturated rings. The van der Waals surface area contributed by atoms with Crippen molar-refractivity contribution in [3.63, 3.8) is 0 Å². The van der Waals surface area contributed by atoms with Gasteiger partial charge in [-0.15, -0.1) is 0 Å². The number of methoxy groups -OCH3 is 1. The van der Waals surface area contributed by atoms with Gasteiger partial charge in [0.05, 0.1) is 7.11 Å². The number of rotatable bonds is 1. The molecule has 4 aliphatic carbocycles. The Hall–Kier alpha value is -1.31. The Morgan fingerprint density at radius 1 is 1.12 bits per heavy atom. The summed E-state index contributed by atoms with van der Waals surface area (Å²) in [6.07, 6.45) is 8.23. The summed E-state index contributed by atoms with van der Waals surface area (Å²) in [7, 11) is 1.75. The lowest BCUT2D eigenvalue weighted by atomic mass is 9.46. The summed E-state index contributed by atoms with van der Waals surface area (Å²) in [6, 6.07) is 6.69. The number of aryl methyl sites for hydroxylation is 1. The van der Waals surface area contributed by atoms with Crippen LogP contribution < -0.4 is 4.74 Å². The Balaban J connectivity index is 1.60. The summed E-state index contributed by atoms with van der Waals surface area (Å²) >= 11 is 0. The molecule has 1 aromatic carbocycles. The Bertz CT molecular complexity index is 737. The first-order chi connectivity index (χ1) is 11.4. The fourth-order valence-corrected chi connectivity index (χ4v) is 7.50. The van der Waals surface area contributed by atoms with E-state index in [1.54, 1.807) is 12.7 Å². The van der Waals surface area contributed by atoms with Crippen molar-refractivity contribution in [2.24, 2.45) is 22.2 Å². The lowest BCUT2D eigenvalue weighted by Crippen LogP contribution is -2.53. The minimum Gasteiger partial charge on any atom is -0.497 e. The van der Waals surface area contributed by atoms with Gasteiger partial charge in [-0.3, -0.25) is 4.79 Å². The molecule has 0 aromatic heterocycles. The Labute approximate surface area is 145 Å². The minimum atomic E-state index is -0.0505. The van der Waals surface area contributed by atoms with Crippen LogP contribution in [-0.2, 0) is 11.2 Å². The van der Waals surface area contributed by atoms with Crippen molar-refractivity contribution in [3.05, 3.63) is 29.3 Å². The third-order valence-corrected chi connectivity index (χ3v) is 8.60. The van der Waals surface area contributed by atoms with Crippen molar-refractivity contribution in [1.82, 2.24) is 0 Å². The van der Waals surface area contributed by atoms with Gasteiger partial charge in [-0.1, -0.05) is 19.9 Å². The van der Waals surface area contributed by atoms with Gasteiger partial charge in [0.15, 0.2) is 0 Å². The zero-order valence-electron chi connectivity index (χ0n) is 15.2. The van der Waals surface area contributed by atoms with E-state index in [2.05, 4.69) is 32.0 Å². The molecule has 128 valence electrons. The first kappa shape index (κ1) is 15.0. The lowest BCUT2D eigenvalue weighted by molar-refractivity contribution is -0.146. The van der Waals surface area contributed by atoms with Crippen molar-refractivity contribution >= 4 is 5.78 Å². The molecule has 0 N–H and O–H groups in total. The fourth-order valence-electron chi connectivity index (χ4n) is 7.50. The first-order valence-electron chi connectivity index (χ1n) is 9.65. The van der Waals surface area contributed by atoms with Crippen LogP contribution in [0, 0.1) is 22.2 Å². The standard InChI is InChI=1S/C22H28O2/c1-20-10-11-22(13-20)18-7-4-14-12-15(24-3)5-6-16(14)17(18)8-9-21(22,2)19(20)23/h5-6,12,17-18H,4,7-11,13H2,1-3H3/t17-,18-,20+,21-,22-/m1/s1. The van der Waals surface area contributed by atoms with E-state index >= 15 is 0 Å². The SMILES string of the molecule is COc1ccc2c(c1)CC[C@@H]1[C@@H]2CC[C@]2(C)C(=O)[C@@]3(C)CC[C@@]12C3. The molecule has 0 saturated heterocycles. The van der Waals surface area contributed by atoms with E-state index in [9.17, 15) is 4.79 Å². The summed E-state index contributed by atoms with van der Waals surface area (Å²) in [5.74, 6) is 2.93. The molecule has 2 nitrogen and oxygen atoms in total. The van der Waals surface area contributed by atoms with Gasteiger partial charge >= 0.3 is 0 Å². The summed E-state index contributed by atoms with van der Waals surface area (Å²) in [5, 5.41) is 0. The second kappa shape index (κ2) is 4.45. The van der Waals surface area contributed by atoms with Crippen molar-refractivity contribution < 1.29 is 9.53 Å². The molecule has 1 aromatic rings. The molecular formula is C22H28O2. The number of Topliss-reactive ketones (excluding diaryl/α,β-unsaturated/α-hetero) is 1. The molecule has 2 heteroatoms. The van der Waals surface area contributed by atoms with Gasteiger partial charge in [0.1, 0.15) is 11.5 Å². The van der Waals surface area contributed by atoms with Crippen LogP contribution >= 0.6 is 0 Å². The van der Waals surface area contributed by atoms with Crippen LogP contribution in [0.3, 0.4) is 0 Å². The number of carbonyl (C=O) groups is 1. The summed E-state index contributed by atoms with van der Waals surface area (Å²) < 4.78 is 5.43. The fraction of sp³-hybridized carbons (Fsp3) is 0.682. The average molecular weight is 324 g/mol. The quantitative estimate of drug-likeness (QED) is 0.734. The number of hydrogen-bond acceptors (Lipinski definition) is 2. The molecule has 0 aliphatic heterocycles. The molecule has 1 spiro atoms. The van der Waals surface area contributed by atoms with Crippen molar-refractivity contribution in [1.29, 1.82) is 0 Å². The predicted octanol–water partition coefficient (Wildman–Crippen LogP) is 4.90. The van der Waals surface area contributed by atoms with E-state index in [4.69, 9.17) is 4.74 Å². The van der Waals surface area contributed by atoms with Gasteiger partial charge in [0, 0.05) is 10.8 Å². The molecule has 0 heterocycles. The van der Waals surface area contributed by atoms with E-state index in [0.29, 0.717) is 17.6 Å². The Morgan fingerprint density at radius 3 is 2.75 bits per heavy atom. The van der Waals surface area contributed by atoms with E-state index in [1.165, 1.54) is 24.8 Å². The summed E-state index contributed by atoms with van der Waals surface area (Å²) in [6.45, 7) is 4.57. The van der Waals surface area contributed by atoms with Crippen LogP contribution in [-0.4, -0.2) is 12.9 Å². The Kier molecular flexibility index (Phi) is 2.78. The number of carbonyl (C=O) groups excluding carboxylic acids is 1. The van der Waals surface area contributed by atoms with Gasteiger partial charge < -0.3 is 4.74 Å². The molecule has 4 aliphatic rings.